The summed E-state index contributed by atoms with van der Waals surface area (Å²) in [5.74, 6) is 0. The van der Waals surface area contributed by atoms with Crippen LogP contribution in [0.5, 0.6) is 0 Å². The van der Waals surface area contributed by atoms with Gasteiger partial charge in [-0.25, -0.2) is 4.68 Å². The molecule has 0 fully saturated rings. The average Bonchev–Trinajstić information content (AvgIpc) is 2.89. The lowest BCUT2D eigenvalue weighted by Gasteiger charge is -2.22. The molecule has 0 saturated heterocycles. The van der Waals surface area contributed by atoms with Crippen molar-refractivity contribution in [1.82, 2.24) is 20.1 Å². The summed E-state index contributed by atoms with van der Waals surface area (Å²) in [6.45, 7) is 2.69. The number of hydrogen-bond acceptors (Lipinski definition) is 4. The summed E-state index contributed by atoms with van der Waals surface area (Å²) in [4.78, 5) is 5.84. The van der Waals surface area contributed by atoms with E-state index in [4.69, 9.17) is 29.1 Å². The van der Waals surface area contributed by atoms with Crippen LogP contribution in [0.15, 0.2) is 30.7 Å². The first kappa shape index (κ1) is 15.2. The quantitative estimate of drug-likeness (QED) is 0.687. The summed E-state index contributed by atoms with van der Waals surface area (Å²) in [7, 11) is 0. The highest BCUT2D eigenvalue weighted by Crippen LogP contribution is 2.25. The van der Waals surface area contributed by atoms with Crippen molar-refractivity contribution in [3.63, 3.8) is 0 Å². The molecule has 0 unspecified atom stereocenters. The molecule has 0 amide bonds. The molecule has 0 radical (unpaired) electrons. The van der Waals surface area contributed by atoms with Crippen LogP contribution in [0.1, 0.15) is 6.92 Å². The molecule has 1 N–H and O–H groups in total. The van der Waals surface area contributed by atoms with Gasteiger partial charge in [0.2, 0.25) is 0 Å². The fourth-order valence-electron chi connectivity index (χ4n) is 1.78. The van der Waals surface area contributed by atoms with Gasteiger partial charge in [0.1, 0.15) is 12.2 Å². The van der Waals surface area contributed by atoms with Crippen LogP contribution in [0.2, 0.25) is 5.15 Å². The summed E-state index contributed by atoms with van der Waals surface area (Å²) in [6.07, 6.45) is 5.16. The van der Waals surface area contributed by atoms with Crippen molar-refractivity contribution in [2.45, 2.75) is 6.92 Å². The van der Waals surface area contributed by atoms with Gasteiger partial charge in [-0.15, -0.1) is 0 Å². The number of halogens is 1. The van der Waals surface area contributed by atoms with E-state index in [1.165, 1.54) is 0 Å². The van der Waals surface area contributed by atoms with Crippen molar-refractivity contribution in [2.24, 2.45) is 0 Å². The molecule has 0 aliphatic heterocycles. The third kappa shape index (κ3) is 3.48. The minimum absolute atomic E-state index is 0.143. The van der Waals surface area contributed by atoms with Crippen LogP contribution in [-0.2, 0) is 0 Å². The summed E-state index contributed by atoms with van der Waals surface area (Å²) < 4.78 is 1.64. The highest BCUT2D eigenvalue weighted by molar-refractivity contribution is 7.80. The number of pyridine rings is 1. The van der Waals surface area contributed by atoms with E-state index in [0.29, 0.717) is 22.5 Å². The van der Waals surface area contributed by atoms with E-state index in [2.05, 4.69) is 15.4 Å². The van der Waals surface area contributed by atoms with E-state index < -0.39 is 0 Å². The Kier molecular flexibility index (Phi) is 5.09. The first-order valence-electron chi connectivity index (χ1n) is 6.25. The summed E-state index contributed by atoms with van der Waals surface area (Å²) >= 11 is 11.5. The summed E-state index contributed by atoms with van der Waals surface area (Å²) in [5.41, 5.74) is 1.48. The molecule has 21 heavy (non-hydrogen) atoms. The van der Waals surface area contributed by atoms with Crippen molar-refractivity contribution in [3.8, 4) is 11.8 Å². The Balaban J connectivity index is 2.29. The molecule has 0 atom stereocenters. The predicted molar refractivity (Wildman–Crippen MR) is 85.6 cm³/mol. The van der Waals surface area contributed by atoms with Gasteiger partial charge in [0.05, 0.1) is 24.2 Å². The van der Waals surface area contributed by atoms with Gasteiger partial charge in [0, 0.05) is 12.7 Å². The molecule has 2 aromatic heterocycles. The van der Waals surface area contributed by atoms with Crippen LogP contribution < -0.4 is 10.2 Å². The Morgan fingerprint density at radius 1 is 1.62 bits per heavy atom. The van der Waals surface area contributed by atoms with Crippen LogP contribution >= 0.6 is 23.8 Å². The average molecular weight is 321 g/mol. The molecule has 0 spiro atoms. The molecule has 2 heterocycles. The third-order valence-corrected chi connectivity index (χ3v) is 3.37. The third-order valence-electron chi connectivity index (χ3n) is 2.73. The normalized spacial score (nSPS) is 9.95. The largest absolute Gasteiger partial charge is 0.349 e. The SMILES string of the molecule is CCN(C(=S)NCC#N)c1cn(-c2cccnc2)nc1Cl. The van der Waals surface area contributed by atoms with Crippen LogP contribution in [0, 0.1) is 11.3 Å². The van der Waals surface area contributed by atoms with E-state index in [1.807, 2.05) is 25.1 Å². The molecule has 2 aromatic rings. The van der Waals surface area contributed by atoms with Crippen molar-refractivity contribution >= 4 is 34.6 Å². The molecule has 2 rings (SSSR count). The molecule has 0 aliphatic rings. The van der Waals surface area contributed by atoms with E-state index in [9.17, 15) is 0 Å². The van der Waals surface area contributed by atoms with Gasteiger partial charge in [-0.2, -0.15) is 10.4 Å². The second-order valence-corrected chi connectivity index (χ2v) is 4.77. The molecule has 8 heteroatoms. The maximum Gasteiger partial charge on any atom is 0.175 e. The lowest BCUT2D eigenvalue weighted by molar-refractivity contribution is 0.874. The molecular weight excluding hydrogens is 308 g/mol. The number of aromatic nitrogens is 3. The molecule has 0 bridgehead atoms. The van der Waals surface area contributed by atoms with Crippen LogP contribution in [-0.4, -0.2) is 33.0 Å². The fourth-order valence-corrected chi connectivity index (χ4v) is 2.31. The second kappa shape index (κ2) is 7.02. The van der Waals surface area contributed by atoms with E-state index in [0.717, 1.165) is 5.69 Å². The minimum Gasteiger partial charge on any atom is -0.349 e. The maximum atomic E-state index is 8.61. The molecule has 0 aliphatic carbocycles. The molecule has 108 valence electrons. The van der Waals surface area contributed by atoms with Crippen LogP contribution in [0.25, 0.3) is 5.69 Å². The summed E-state index contributed by atoms with van der Waals surface area (Å²) in [5, 5.41) is 16.5. The Bertz CT molecular complexity index is 663. The first-order chi connectivity index (χ1) is 10.2. The maximum absolute atomic E-state index is 8.61. The Labute approximate surface area is 133 Å². The predicted octanol–water partition coefficient (Wildman–Crippen LogP) is 2.15. The Morgan fingerprint density at radius 3 is 3.05 bits per heavy atom. The van der Waals surface area contributed by atoms with E-state index >= 15 is 0 Å². The number of thiocarbonyl (C=S) groups is 1. The van der Waals surface area contributed by atoms with Gasteiger partial charge >= 0.3 is 0 Å². The van der Waals surface area contributed by atoms with Gasteiger partial charge in [-0.1, -0.05) is 11.6 Å². The summed E-state index contributed by atoms with van der Waals surface area (Å²) in [6, 6.07) is 5.69. The highest BCUT2D eigenvalue weighted by Gasteiger charge is 2.17. The lowest BCUT2D eigenvalue weighted by atomic mass is 10.4. The van der Waals surface area contributed by atoms with Gasteiger partial charge < -0.3 is 10.2 Å². The first-order valence-corrected chi connectivity index (χ1v) is 7.04. The number of anilines is 1. The van der Waals surface area contributed by atoms with Gasteiger partial charge in [0.25, 0.3) is 0 Å². The van der Waals surface area contributed by atoms with Gasteiger partial charge in [-0.3, -0.25) is 4.98 Å². The van der Waals surface area contributed by atoms with Crippen molar-refractivity contribution in [2.75, 3.05) is 18.0 Å². The standard InChI is InChI=1S/C13H13ClN6S/c1-2-19(13(21)17-7-5-15)11-9-20(18-12(11)14)10-4-3-6-16-8-10/h3-4,6,8-9H,2,7H2,1H3,(H,17,21). The Hall–Kier alpha value is -2.17. The number of hydrogen-bond donors (Lipinski definition) is 1. The molecule has 6 nitrogen and oxygen atoms in total. The van der Waals surface area contributed by atoms with Crippen molar-refractivity contribution in [3.05, 3.63) is 35.9 Å². The monoisotopic (exact) mass is 320 g/mol. The number of nitriles is 1. The lowest BCUT2D eigenvalue weighted by Crippen LogP contribution is -2.39. The second-order valence-electron chi connectivity index (χ2n) is 4.02. The van der Waals surface area contributed by atoms with Crippen LogP contribution in [0.3, 0.4) is 0 Å². The number of rotatable bonds is 4. The smallest absolute Gasteiger partial charge is 0.175 e. The molecule has 0 saturated carbocycles. The molecular formula is C13H13ClN6S. The van der Waals surface area contributed by atoms with Gasteiger partial charge in [-0.05, 0) is 31.3 Å². The number of nitrogens with one attached hydrogen (secondary N) is 1. The molecule has 0 aromatic carbocycles. The zero-order valence-corrected chi connectivity index (χ0v) is 12.9. The zero-order valence-electron chi connectivity index (χ0n) is 11.3. The van der Waals surface area contributed by atoms with E-state index in [-0.39, 0.29) is 6.54 Å². The zero-order chi connectivity index (χ0) is 15.2. The fraction of sp³-hybridized carbons (Fsp3) is 0.231. The Morgan fingerprint density at radius 2 is 2.43 bits per heavy atom. The number of nitrogens with zero attached hydrogens (tertiary/aromatic N) is 5. The minimum atomic E-state index is 0.143. The van der Waals surface area contributed by atoms with Crippen molar-refractivity contribution in [1.29, 1.82) is 5.26 Å². The topological polar surface area (TPSA) is 69.8 Å². The van der Waals surface area contributed by atoms with E-state index in [1.54, 1.807) is 28.2 Å². The van der Waals surface area contributed by atoms with Gasteiger partial charge in [0.15, 0.2) is 10.3 Å². The van der Waals surface area contributed by atoms with Crippen molar-refractivity contribution < 1.29 is 0 Å². The highest BCUT2D eigenvalue weighted by atomic mass is 35.5. The van der Waals surface area contributed by atoms with Crippen LogP contribution in [0.4, 0.5) is 5.69 Å².